The summed E-state index contributed by atoms with van der Waals surface area (Å²) >= 11 is 0. The summed E-state index contributed by atoms with van der Waals surface area (Å²) in [4.78, 5) is 55.0. The molecule has 230 valence electrons. The summed E-state index contributed by atoms with van der Waals surface area (Å²) < 4.78 is 9.59. The van der Waals surface area contributed by atoms with Gasteiger partial charge in [-0.15, -0.1) is 0 Å². The molecule has 1 atom stereocenters. The molecule has 0 saturated heterocycles. The fourth-order valence-electron chi connectivity index (χ4n) is 5.93. The van der Waals surface area contributed by atoms with Crippen molar-refractivity contribution in [3.8, 4) is 0 Å². The Bertz CT molecular complexity index is 1310. The molecule has 2 aromatic carbocycles. The molecule has 11 nitrogen and oxygen atoms in total. The van der Waals surface area contributed by atoms with Crippen molar-refractivity contribution in [2.45, 2.75) is 70.0 Å². The molecule has 11 heteroatoms. The van der Waals surface area contributed by atoms with E-state index in [2.05, 4.69) is 25.7 Å². The summed E-state index contributed by atoms with van der Waals surface area (Å²) in [5, 5.41) is 9.29. The van der Waals surface area contributed by atoms with Crippen LogP contribution in [0.4, 0.5) is 4.79 Å². The number of carbonyl (C=O) groups excluding carboxylic acids is 4. The van der Waals surface area contributed by atoms with Crippen LogP contribution in [0.1, 0.15) is 61.3 Å². The number of ether oxygens (including phenoxy) is 2. The Labute approximate surface area is 252 Å². The Balaban J connectivity index is 1.50. The zero-order valence-corrected chi connectivity index (χ0v) is 24.8. The summed E-state index contributed by atoms with van der Waals surface area (Å²) in [5.74, 6) is -0.914. The van der Waals surface area contributed by atoms with Crippen LogP contribution in [0, 0.1) is 5.92 Å². The van der Waals surface area contributed by atoms with Crippen molar-refractivity contribution in [2.24, 2.45) is 16.6 Å². The molecular weight excluding hydrogens is 550 g/mol. The number of aliphatic imine (C=N–C) groups is 1. The summed E-state index contributed by atoms with van der Waals surface area (Å²) in [7, 11) is 1.22. The number of esters is 1. The average Bonchev–Trinajstić information content (AvgIpc) is 3.40. The molecule has 2 aromatic rings. The average molecular weight is 592 g/mol. The fourth-order valence-corrected chi connectivity index (χ4v) is 5.93. The SMILES string of the molecule is CCOC(=O)CN[C@@H](C(=O)NC1(C(=O)NCc2ccc(C(N)=NC(=O)OC)cc2)Cc2ccccc2C1)C1CCCCC1. The van der Waals surface area contributed by atoms with Gasteiger partial charge < -0.3 is 25.8 Å². The van der Waals surface area contributed by atoms with Crippen LogP contribution in [0.15, 0.2) is 53.5 Å². The fraction of sp³-hybridized carbons (Fsp3) is 0.469. The third kappa shape index (κ3) is 8.19. The van der Waals surface area contributed by atoms with E-state index in [1.807, 2.05) is 24.3 Å². The monoisotopic (exact) mass is 591 g/mol. The van der Waals surface area contributed by atoms with Gasteiger partial charge in [-0.1, -0.05) is 67.8 Å². The van der Waals surface area contributed by atoms with Crippen molar-refractivity contribution in [1.29, 1.82) is 0 Å². The van der Waals surface area contributed by atoms with Gasteiger partial charge in [0.05, 0.1) is 26.3 Å². The highest BCUT2D eigenvalue weighted by Crippen LogP contribution is 2.32. The smallest absolute Gasteiger partial charge is 0.435 e. The first-order valence-corrected chi connectivity index (χ1v) is 14.8. The first kappa shape index (κ1) is 31.7. The van der Waals surface area contributed by atoms with Gasteiger partial charge in [-0.3, -0.25) is 19.7 Å². The quantitative estimate of drug-likeness (QED) is 0.176. The van der Waals surface area contributed by atoms with E-state index in [-0.39, 0.29) is 43.3 Å². The molecule has 0 aliphatic heterocycles. The van der Waals surface area contributed by atoms with Gasteiger partial charge in [-0.05, 0) is 42.4 Å². The van der Waals surface area contributed by atoms with E-state index in [0.717, 1.165) is 48.8 Å². The van der Waals surface area contributed by atoms with Gasteiger partial charge in [-0.2, -0.15) is 4.99 Å². The highest BCUT2D eigenvalue weighted by atomic mass is 16.5. The van der Waals surface area contributed by atoms with E-state index < -0.39 is 23.6 Å². The molecular formula is C32H41N5O6. The molecule has 0 bridgehead atoms. The van der Waals surface area contributed by atoms with Crippen molar-refractivity contribution in [3.05, 3.63) is 70.8 Å². The zero-order chi connectivity index (χ0) is 30.8. The Kier molecular flexibility index (Phi) is 10.9. The molecule has 0 aromatic heterocycles. The lowest BCUT2D eigenvalue weighted by atomic mass is 9.82. The molecule has 1 fully saturated rings. The largest absolute Gasteiger partial charge is 0.465 e. The van der Waals surface area contributed by atoms with Gasteiger partial charge in [0, 0.05) is 24.9 Å². The second kappa shape index (κ2) is 14.8. The minimum absolute atomic E-state index is 0.0249. The first-order chi connectivity index (χ1) is 20.7. The number of nitrogens with two attached hydrogens (primary N) is 1. The van der Waals surface area contributed by atoms with Gasteiger partial charge >= 0.3 is 12.1 Å². The van der Waals surface area contributed by atoms with Crippen LogP contribution in [-0.4, -0.2) is 61.6 Å². The summed E-state index contributed by atoms with van der Waals surface area (Å²) in [6.45, 7) is 2.15. The number of amidine groups is 1. The van der Waals surface area contributed by atoms with E-state index in [4.69, 9.17) is 10.5 Å². The molecule has 4 rings (SSSR count). The number of rotatable bonds is 11. The number of methoxy groups -OCH3 is 1. The van der Waals surface area contributed by atoms with Crippen LogP contribution in [0.5, 0.6) is 0 Å². The molecule has 0 unspecified atom stereocenters. The maximum Gasteiger partial charge on any atom is 0.435 e. The van der Waals surface area contributed by atoms with Crippen LogP contribution in [-0.2, 0) is 43.2 Å². The second-order valence-corrected chi connectivity index (χ2v) is 11.1. The molecule has 5 N–H and O–H groups in total. The maximum absolute atomic E-state index is 13.9. The molecule has 0 spiro atoms. The van der Waals surface area contributed by atoms with Gasteiger partial charge in [0.15, 0.2) is 0 Å². The van der Waals surface area contributed by atoms with Crippen molar-refractivity contribution >= 4 is 29.7 Å². The van der Waals surface area contributed by atoms with Crippen LogP contribution >= 0.6 is 0 Å². The highest BCUT2D eigenvalue weighted by Gasteiger charge is 2.46. The minimum Gasteiger partial charge on any atom is -0.465 e. The van der Waals surface area contributed by atoms with E-state index in [0.29, 0.717) is 18.4 Å². The van der Waals surface area contributed by atoms with Crippen molar-refractivity contribution in [1.82, 2.24) is 16.0 Å². The second-order valence-electron chi connectivity index (χ2n) is 11.1. The van der Waals surface area contributed by atoms with Crippen LogP contribution in [0.3, 0.4) is 0 Å². The molecule has 43 heavy (non-hydrogen) atoms. The Morgan fingerprint density at radius 1 is 1.00 bits per heavy atom. The van der Waals surface area contributed by atoms with Gasteiger partial charge in [-0.25, -0.2) is 4.79 Å². The number of carbonyl (C=O) groups is 4. The first-order valence-electron chi connectivity index (χ1n) is 14.8. The lowest BCUT2D eigenvalue weighted by Crippen LogP contribution is -2.63. The Hall–Kier alpha value is -4.25. The minimum atomic E-state index is -1.18. The van der Waals surface area contributed by atoms with E-state index in [1.165, 1.54) is 7.11 Å². The van der Waals surface area contributed by atoms with Crippen molar-refractivity contribution in [2.75, 3.05) is 20.3 Å². The van der Waals surface area contributed by atoms with Gasteiger partial charge in [0.1, 0.15) is 11.4 Å². The molecule has 2 aliphatic carbocycles. The number of nitrogens with one attached hydrogen (secondary N) is 3. The Morgan fingerprint density at radius 2 is 1.65 bits per heavy atom. The van der Waals surface area contributed by atoms with E-state index in [1.54, 1.807) is 31.2 Å². The molecule has 3 amide bonds. The zero-order valence-electron chi connectivity index (χ0n) is 24.8. The van der Waals surface area contributed by atoms with Crippen molar-refractivity contribution in [3.63, 3.8) is 0 Å². The van der Waals surface area contributed by atoms with Crippen LogP contribution < -0.4 is 21.7 Å². The number of fused-ring (bicyclic) bond motifs is 1. The van der Waals surface area contributed by atoms with Crippen LogP contribution in [0.2, 0.25) is 0 Å². The number of hydrogen-bond acceptors (Lipinski definition) is 7. The van der Waals surface area contributed by atoms with Crippen LogP contribution in [0.25, 0.3) is 0 Å². The summed E-state index contributed by atoms with van der Waals surface area (Å²) in [6.07, 6.45) is 4.83. The molecule has 1 saturated carbocycles. The molecule has 0 heterocycles. The number of amides is 3. The number of hydrogen-bond donors (Lipinski definition) is 4. The predicted molar refractivity (Wildman–Crippen MR) is 161 cm³/mol. The highest BCUT2D eigenvalue weighted by molar-refractivity contribution is 6.02. The normalized spacial score (nSPS) is 16.9. The molecule has 2 aliphatic rings. The standard InChI is InChI=1S/C32H41N5O6/c1-3-43-26(38)20-34-27(22-9-5-4-6-10-22)29(39)37-32(17-24-11-7-8-12-25(24)18-32)30(40)35-19-21-13-15-23(16-14-21)28(33)36-31(41)42-2/h7-8,11-16,22,27,34H,3-6,9-10,17-20H2,1-2H3,(H,35,40)(H,37,39)(H2,33,36,41)/t27-/m1/s1. The van der Waals surface area contributed by atoms with E-state index in [9.17, 15) is 19.2 Å². The molecule has 0 radical (unpaired) electrons. The summed E-state index contributed by atoms with van der Waals surface area (Å²) in [5.41, 5.74) is 8.05. The van der Waals surface area contributed by atoms with E-state index >= 15 is 0 Å². The third-order valence-electron chi connectivity index (χ3n) is 8.16. The summed E-state index contributed by atoms with van der Waals surface area (Å²) in [6, 6.07) is 14.2. The van der Waals surface area contributed by atoms with Crippen molar-refractivity contribution < 1.29 is 28.7 Å². The lowest BCUT2D eigenvalue weighted by Gasteiger charge is -2.35. The number of nitrogens with zero attached hydrogens (tertiary/aromatic N) is 1. The lowest BCUT2D eigenvalue weighted by molar-refractivity contribution is -0.142. The topological polar surface area (TPSA) is 161 Å². The third-order valence-corrected chi connectivity index (χ3v) is 8.16. The van der Waals surface area contributed by atoms with Gasteiger partial charge in [0.2, 0.25) is 11.8 Å². The number of benzene rings is 2. The van der Waals surface area contributed by atoms with Gasteiger partial charge in [0.25, 0.3) is 0 Å². The Morgan fingerprint density at radius 3 is 2.26 bits per heavy atom. The predicted octanol–water partition coefficient (Wildman–Crippen LogP) is 2.53. The maximum atomic E-state index is 13.9.